The number of rotatable bonds is 5. The van der Waals surface area contributed by atoms with Crippen molar-refractivity contribution in [3.8, 4) is 0 Å². The zero-order chi connectivity index (χ0) is 13.9. The van der Waals surface area contributed by atoms with Crippen molar-refractivity contribution in [3.63, 3.8) is 0 Å². The summed E-state index contributed by atoms with van der Waals surface area (Å²) in [5.41, 5.74) is 0.414. The maximum Gasteiger partial charge on any atom is 0.226 e. The lowest BCUT2D eigenvalue weighted by Crippen LogP contribution is -2.40. The molecule has 102 valence electrons. The summed E-state index contributed by atoms with van der Waals surface area (Å²) in [6.45, 7) is 3.80. The van der Waals surface area contributed by atoms with Crippen LogP contribution in [0.15, 0.2) is 28.8 Å². The molecule has 0 aliphatic carbocycles. The fourth-order valence-corrected chi connectivity index (χ4v) is 1.69. The topological polar surface area (TPSA) is 75.4 Å². The molecule has 1 aromatic carbocycles. The smallest absolute Gasteiger partial charge is 0.226 e. The van der Waals surface area contributed by atoms with Crippen molar-refractivity contribution >= 4 is 16.9 Å². The summed E-state index contributed by atoms with van der Waals surface area (Å²) in [6.07, 6.45) is 0.733. The maximum atomic E-state index is 11.8. The van der Waals surface area contributed by atoms with Gasteiger partial charge in [-0.05, 0) is 25.5 Å². The van der Waals surface area contributed by atoms with E-state index >= 15 is 0 Å². The van der Waals surface area contributed by atoms with Gasteiger partial charge in [0.15, 0.2) is 5.58 Å². The molecule has 1 unspecified atom stereocenters. The van der Waals surface area contributed by atoms with Gasteiger partial charge in [0.05, 0.1) is 12.0 Å². The lowest BCUT2D eigenvalue weighted by Gasteiger charge is -2.21. The molecule has 1 aromatic heterocycles. The molecule has 1 atom stereocenters. The Hall–Kier alpha value is -1.88. The number of hydrogen-bond acceptors (Lipinski definition) is 4. The van der Waals surface area contributed by atoms with Gasteiger partial charge < -0.3 is 14.9 Å². The molecule has 0 saturated carbocycles. The van der Waals surface area contributed by atoms with Crippen LogP contribution in [0.25, 0.3) is 11.0 Å². The Balaban J connectivity index is 1.99. The van der Waals surface area contributed by atoms with Crippen LogP contribution in [0.3, 0.4) is 0 Å². The largest absolute Gasteiger partial charge is 0.388 e. The molecule has 2 rings (SSSR count). The summed E-state index contributed by atoms with van der Waals surface area (Å²) >= 11 is 0. The third-order valence-electron chi connectivity index (χ3n) is 3.21. The molecule has 5 nitrogen and oxygen atoms in total. The van der Waals surface area contributed by atoms with Gasteiger partial charge in [0, 0.05) is 11.9 Å². The zero-order valence-corrected chi connectivity index (χ0v) is 11.1. The first-order chi connectivity index (χ1) is 9.02. The number of benzene rings is 1. The molecule has 0 aliphatic rings. The van der Waals surface area contributed by atoms with Gasteiger partial charge in [-0.3, -0.25) is 4.79 Å². The first-order valence-electron chi connectivity index (χ1n) is 6.34. The number of amides is 1. The quantitative estimate of drug-likeness (QED) is 0.859. The first-order valence-corrected chi connectivity index (χ1v) is 6.34. The predicted octanol–water partition coefficient (Wildman–Crippen LogP) is 1.65. The number of carbonyl (C=O) groups excluding carboxylic acids is 1. The van der Waals surface area contributed by atoms with Crippen molar-refractivity contribution in [3.05, 3.63) is 30.0 Å². The number of nitrogens with one attached hydrogen (secondary N) is 1. The molecule has 2 aromatic rings. The van der Waals surface area contributed by atoms with Gasteiger partial charge in [0.2, 0.25) is 5.91 Å². The van der Waals surface area contributed by atoms with Crippen molar-refractivity contribution in [2.75, 3.05) is 6.54 Å². The second-order valence-corrected chi connectivity index (χ2v) is 4.93. The molecule has 1 heterocycles. The molecular weight excluding hydrogens is 244 g/mol. The summed E-state index contributed by atoms with van der Waals surface area (Å²) < 4.78 is 5.14. The molecule has 0 saturated heterocycles. The van der Waals surface area contributed by atoms with Gasteiger partial charge in [-0.1, -0.05) is 24.2 Å². The number of carbonyl (C=O) groups is 1. The third-order valence-corrected chi connectivity index (χ3v) is 3.21. The number of aliphatic hydroxyl groups is 1. The second kappa shape index (κ2) is 5.40. The highest BCUT2D eigenvalue weighted by Crippen LogP contribution is 2.18. The van der Waals surface area contributed by atoms with Gasteiger partial charge in [-0.15, -0.1) is 0 Å². The highest BCUT2D eigenvalue weighted by Gasteiger charge is 2.19. The average Bonchev–Trinajstić information content (AvgIpc) is 2.80. The lowest BCUT2D eigenvalue weighted by molar-refractivity contribution is -0.121. The average molecular weight is 262 g/mol. The number of fused-ring (bicyclic) bond motifs is 1. The number of nitrogens with zero attached hydrogens (tertiary/aromatic N) is 1. The Kier molecular flexibility index (Phi) is 3.85. The Morgan fingerprint density at radius 3 is 2.95 bits per heavy atom. The Morgan fingerprint density at radius 2 is 2.21 bits per heavy atom. The molecule has 0 aliphatic heterocycles. The minimum atomic E-state index is -0.873. The molecular formula is C14H18N2O3. The minimum Gasteiger partial charge on any atom is -0.388 e. The van der Waals surface area contributed by atoms with E-state index in [-0.39, 0.29) is 18.9 Å². The van der Waals surface area contributed by atoms with Crippen molar-refractivity contribution in [2.24, 2.45) is 0 Å². The van der Waals surface area contributed by atoms with E-state index in [9.17, 15) is 9.90 Å². The first kappa shape index (κ1) is 13.5. The standard InChI is InChI=1S/C14H18N2O3/c1-3-14(2,18)9-15-13(17)8-11-10-6-4-5-7-12(10)19-16-11/h4-7,18H,3,8-9H2,1-2H3,(H,15,17). The van der Waals surface area contributed by atoms with Crippen LogP contribution in [0.2, 0.25) is 0 Å². The minimum absolute atomic E-state index is 0.150. The van der Waals surface area contributed by atoms with Gasteiger partial charge in [-0.25, -0.2) is 0 Å². The highest BCUT2D eigenvalue weighted by atomic mass is 16.5. The van der Waals surface area contributed by atoms with E-state index in [0.717, 1.165) is 5.39 Å². The summed E-state index contributed by atoms with van der Waals surface area (Å²) in [7, 11) is 0. The van der Waals surface area contributed by atoms with Crippen LogP contribution in [0.5, 0.6) is 0 Å². The highest BCUT2D eigenvalue weighted by molar-refractivity contribution is 5.86. The molecule has 0 spiro atoms. The van der Waals surface area contributed by atoms with Gasteiger partial charge in [-0.2, -0.15) is 0 Å². The van der Waals surface area contributed by atoms with E-state index in [0.29, 0.717) is 17.7 Å². The van der Waals surface area contributed by atoms with Crippen LogP contribution in [0.4, 0.5) is 0 Å². The Bertz CT molecular complexity index is 575. The number of hydrogen-bond donors (Lipinski definition) is 2. The Morgan fingerprint density at radius 1 is 1.47 bits per heavy atom. The van der Waals surface area contributed by atoms with Crippen LogP contribution in [0.1, 0.15) is 26.0 Å². The molecule has 2 N–H and O–H groups in total. The van der Waals surface area contributed by atoms with E-state index < -0.39 is 5.60 Å². The van der Waals surface area contributed by atoms with Crippen molar-refractivity contribution in [2.45, 2.75) is 32.3 Å². The van der Waals surface area contributed by atoms with Gasteiger partial charge in [0.25, 0.3) is 0 Å². The third kappa shape index (κ3) is 3.32. The van der Waals surface area contributed by atoms with Gasteiger partial charge >= 0.3 is 0 Å². The van der Waals surface area contributed by atoms with Crippen molar-refractivity contribution < 1.29 is 14.4 Å². The van der Waals surface area contributed by atoms with Crippen LogP contribution < -0.4 is 5.32 Å². The summed E-state index contributed by atoms with van der Waals surface area (Å²) in [5, 5.41) is 17.3. The summed E-state index contributed by atoms with van der Waals surface area (Å²) in [5.74, 6) is -0.173. The summed E-state index contributed by atoms with van der Waals surface area (Å²) in [6, 6.07) is 7.42. The van der Waals surface area contributed by atoms with Crippen LogP contribution in [0, 0.1) is 0 Å². The lowest BCUT2D eigenvalue weighted by atomic mass is 10.0. The van der Waals surface area contributed by atoms with Crippen molar-refractivity contribution in [1.29, 1.82) is 0 Å². The fourth-order valence-electron chi connectivity index (χ4n) is 1.69. The predicted molar refractivity (Wildman–Crippen MR) is 71.6 cm³/mol. The van der Waals surface area contributed by atoms with Crippen LogP contribution in [-0.2, 0) is 11.2 Å². The zero-order valence-electron chi connectivity index (χ0n) is 11.1. The molecule has 0 radical (unpaired) electrons. The monoisotopic (exact) mass is 262 g/mol. The van der Waals surface area contributed by atoms with Crippen LogP contribution >= 0.6 is 0 Å². The number of para-hydroxylation sites is 1. The summed E-state index contributed by atoms with van der Waals surface area (Å²) in [4.78, 5) is 11.8. The van der Waals surface area contributed by atoms with E-state index in [4.69, 9.17) is 4.52 Å². The van der Waals surface area contributed by atoms with E-state index in [2.05, 4.69) is 10.5 Å². The molecule has 0 fully saturated rings. The Labute approximate surface area is 111 Å². The van der Waals surface area contributed by atoms with Gasteiger partial charge in [0.1, 0.15) is 5.69 Å². The molecule has 19 heavy (non-hydrogen) atoms. The van der Waals surface area contributed by atoms with Crippen molar-refractivity contribution in [1.82, 2.24) is 10.5 Å². The van der Waals surface area contributed by atoms with E-state index in [1.807, 2.05) is 31.2 Å². The number of aromatic nitrogens is 1. The van der Waals surface area contributed by atoms with Crippen LogP contribution in [-0.4, -0.2) is 28.3 Å². The molecule has 0 bridgehead atoms. The molecule has 1 amide bonds. The second-order valence-electron chi connectivity index (χ2n) is 4.93. The SMILES string of the molecule is CCC(C)(O)CNC(=O)Cc1noc2ccccc12. The van der Waals surface area contributed by atoms with E-state index in [1.165, 1.54) is 0 Å². The fraction of sp³-hybridized carbons (Fsp3) is 0.429. The van der Waals surface area contributed by atoms with E-state index in [1.54, 1.807) is 6.92 Å². The maximum absolute atomic E-state index is 11.8. The normalized spacial score (nSPS) is 14.3. The molecule has 5 heteroatoms.